The van der Waals surface area contributed by atoms with Gasteiger partial charge >= 0.3 is 5.97 Å². The number of nitrogens with zero attached hydrogens (tertiary/aromatic N) is 1. The van der Waals surface area contributed by atoms with Crippen molar-refractivity contribution in [3.63, 3.8) is 0 Å². The largest absolute Gasteiger partial charge is 0.480 e. The molecule has 2 fully saturated rings. The van der Waals surface area contributed by atoms with E-state index >= 15 is 0 Å². The maximum absolute atomic E-state index is 12.9. The summed E-state index contributed by atoms with van der Waals surface area (Å²) in [4.78, 5) is 63.4. The molecule has 2 heterocycles. The highest BCUT2D eigenvalue weighted by Gasteiger charge is 2.38. The fourth-order valence-corrected chi connectivity index (χ4v) is 4.26. The lowest BCUT2D eigenvalue weighted by Gasteiger charge is -2.28. The Morgan fingerprint density at radius 1 is 1.00 bits per heavy atom. The van der Waals surface area contributed by atoms with Gasteiger partial charge < -0.3 is 37.0 Å². The van der Waals surface area contributed by atoms with Gasteiger partial charge in [0.25, 0.3) is 0 Å². The highest BCUT2D eigenvalue weighted by molar-refractivity contribution is 5.95. The van der Waals surface area contributed by atoms with E-state index in [1.54, 1.807) is 6.92 Å². The zero-order valence-electron chi connectivity index (χ0n) is 20.0. The van der Waals surface area contributed by atoms with Gasteiger partial charge in [-0.1, -0.05) is 0 Å². The lowest BCUT2D eigenvalue weighted by atomic mass is 10.1. The number of unbranched alkanes of at least 4 members (excludes halogenated alkanes) is 1. The van der Waals surface area contributed by atoms with E-state index < -0.39 is 42.0 Å². The van der Waals surface area contributed by atoms with Crippen LogP contribution in [0.5, 0.6) is 0 Å². The van der Waals surface area contributed by atoms with Gasteiger partial charge in [0.05, 0.1) is 6.04 Å². The van der Waals surface area contributed by atoms with Crippen LogP contribution < -0.4 is 27.0 Å². The lowest BCUT2D eigenvalue weighted by molar-refractivity contribution is -0.143. The number of hydrogen-bond donors (Lipinski definition) is 6. The molecule has 0 radical (unpaired) electrons. The van der Waals surface area contributed by atoms with Gasteiger partial charge in [0.2, 0.25) is 23.6 Å². The number of nitrogens with two attached hydrogens (primary N) is 1. The van der Waals surface area contributed by atoms with Crippen LogP contribution in [0.3, 0.4) is 0 Å². The number of aliphatic carboxylic acids is 1. The highest BCUT2D eigenvalue weighted by atomic mass is 16.4. The molecule has 192 valence electrons. The molecular weight excluding hydrogens is 444 g/mol. The van der Waals surface area contributed by atoms with Crippen LogP contribution in [0.25, 0.3) is 0 Å². The summed E-state index contributed by atoms with van der Waals surface area (Å²) in [6.45, 7) is 4.63. The molecule has 0 bridgehead atoms. The van der Waals surface area contributed by atoms with E-state index in [9.17, 15) is 29.1 Å². The molecule has 0 spiro atoms. The van der Waals surface area contributed by atoms with E-state index in [4.69, 9.17) is 5.73 Å². The minimum Gasteiger partial charge on any atom is -0.480 e. The molecule has 2 aliphatic rings. The maximum Gasteiger partial charge on any atom is 0.326 e. The van der Waals surface area contributed by atoms with Crippen molar-refractivity contribution >= 4 is 29.6 Å². The van der Waals surface area contributed by atoms with Crippen LogP contribution in [-0.2, 0) is 24.0 Å². The van der Waals surface area contributed by atoms with E-state index in [0.717, 1.165) is 19.4 Å². The third kappa shape index (κ3) is 7.66. The first kappa shape index (κ1) is 27.5. The van der Waals surface area contributed by atoms with E-state index in [0.29, 0.717) is 38.8 Å². The highest BCUT2D eigenvalue weighted by Crippen LogP contribution is 2.19. The standard InChI is InChI=1S/C22H38N6O6/c1-13(18(29)27-16(22(33)34)7-3-4-10-23)25-20(31)17-9-6-12-28(17)21(32)14(2)26-19(30)15-8-5-11-24-15/h13-17,24H,3-12,23H2,1-2H3,(H,25,31)(H,26,30)(H,27,29)(H,33,34)/t13-,14-,15-,16-,17-/m0/s1. The van der Waals surface area contributed by atoms with Crippen LogP contribution in [-0.4, -0.2) is 89.4 Å². The third-order valence-corrected chi connectivity index (χ3v) is 6.26. The van der Waals surface area contributed by atoms with Crippen LogP contribution in [0.2, 0.25) is 0 Å². The molecule has 2 aliphatic heterocycles. The van der Waals surface area contributed by atoms with Crippen molar-refractivity contribution in [2.75, 3.05) is 19.6 Å². The van der Waals surface area contributed by atoms with E-state index in [2.05, 4.69) is 21.3 Å². The molecule has 0 saturated carbocycles. The fraction of sp³-hybridized carbons (Fsp3) is 0.773. The van der Waals surface area contributed by atoms with Crippen molar-refractivity contribution in [3.8, 4) is 0 Å². The van der Waals surface area contributed by atoms with E-state index in [-0.39, 0.29) is 24.3 Å². The van der Waals surface area contributed by atoms with Gasteiger partial charge in [0.1, 0.15) is 24.2 Å². The van der Waals surface area contributed by atoms with Crippen molar-refractivity contribution < 1.29 is 29.1 Å². The normalized spacial score (nSPS) is 22.5. The number of nitrogens with one attached hydrogen (secondary N) is 4. The van der Waals surface area contributed by atoms with Gasteiger partial charge in [-0.3, -0.25) is 19.2 Å². The smallest absolute Gasteiger partial charge is 0.326 e. The summed E-state index contributed by atoms with van der Waals surface area (Å²) in [5, 5.41) is 20.2. The van der Waals surface area contributed by atoms with Gasteiger partial charge in [-0.25, -0.2) is 4.79 Å². The zero-order valence-corrected chi connectivity index (χ0v) is 20.0. The Kier molecular flexibility index (Phi) is 10.7. The van der Waals surface area contributed by atoms with Gasteiger partial charge in [-0.2, -0.15) is 0 Å². The second-order valence-electron chi connectivity index (χ2n) is 8.98. The van der Waals surface area contributed by atoms with Crippen molar-refractivity contribution in [3.05, 3.63) is 0 Å². The molecule has 5 atom stereocenters. The zero-order chi connectivity index (χ0) is 25.3. The van der Waals surface area contributed by atoms with Crippen LogP contribution in [0.15, 0.2) is 0 Å². The summed E-state index contributed by atoms with van der Waals surface area (Å²) in [6.07, 6.45) is 4.13. The van der Waals surface area contributed by atoms with Crippen LogP contribution in [0.1, 0.15) is 58.8 Å². The molecule has 0 aromatic carbocycles. The van der Waals surface area contributed by atoms with Crippen molar-refractivity contribution in [2.24, 2.45) is 5.73 Å². The first-order valence-electron chi connectivity index (χ1n) is 12.0. The van der Waals surface area contributed by atoms with Crippen LogP contribution in [0, 0.1) is 0 Å². The number of rotatable bonds is 12. The Balaban J connectivity index is 1.89. The van der Waals surface area contributed by atoms with Gasteiger partial charge in [0.15, 0.2) is 0 Å². The van der Waals surface area contributed by atoms with Gasteiger partial charge in [-0.05, 0) is 71.9 Å². The van der Waals surface area contributed by atoms with Crippen molar-refractivity contribution in [1.82, 2.24) is 26.2 Å². The molecule has 0 aromatic rings. The molecule has 12 heteroatoms. The number of carboxylic acids is 1. The maximum atomic E-state index is 12.9. The Labute approximate surface area is 199 Å². The van der Waals surface area contributed by atoms with Gasteiger partial charge in [-0.15, -0.1) is 0 Å². The molecule has 4 amide bonds. The molecule has 0 aromatic heterocycles. The number of carbonyl (C=O) groups excluding carboxylic acids is 4. The summed E-state index contributed by atoms with van der Waals surface area (Å²) < 4.78 is 0. The second kappa shape index (κ2) is 13.2. The molecule has 0 aliphatic carbocycles. The predicted octanol–water partition coefficient (Wildman–Crippen LogP) is -1.56. The Hall–Kier alpha value is -2.73. The number of hydrogen-bond acceptors (Lipinski definition) is 7. The number of carboxylic acid groups (broad SMARTS) is 1. The summed E-state index contributed by atoms with van der Waals surface area (Å²) in [5.74, 6) is -2.84. The Bertz CT molecular complexity index is 756. The molecule has 2 rings (SSSR count). The summed E-state index contributed by atoms with van der Waals surface area (Å²) >= 11 is 0. The fourth-order valence-electron chi connectivity index (χ4n) is 4.26. The molecular formula is C22H38N6O6. The van der Waals surface area contributed by atoms with Crippen molar-refractivity contribution in [2.45, 2.75) is 89.0 Å². The number of carbonyl (C=O) groups is 5. The number of likely N-dealkylation sites (tertiary alicyclic amines) is 1. The van der Waals surface area contributed by atoms with E-state index in [1.807, 2.05) is 0 Å². The summed E-state index contributed by atoms with van der Waals surface area (Å²) in [6, 6.07) is -3.90. The third-order valence-electron chi connectivity index (χ3n) is 6.26. The van der Waals surface area contributed by atoms with Crippen LogP contribution in [0.4, 0.5) is 0 Å². The molecule has 0 unspecified atom stereocenters. The molecule has 34 heavy (non-hydrogen) atoms. The minimum atomic E-state index is -1.15. The van der Waals surface area contributed by atoms with Gasteiger partial charge in [0, 0.05) is 6.54 Å². The first-order valence-corrected chi connectivity index (χ1v) is 12.0. The second-order valence-corrected chi connectivity index (χ2v) is 8.98. The molecule has 2 saturated heterocycles. The molecule has 7 N–H and O–H groups in total. The Morgan fingerprint density at radius 2 is 1.71 bits per heavy atom. The first-order chi connectivity index (χ1) is 16.1. The average molecular weight is 483 g/mol. The summed E-state index contributed by atoms with van der Waals surface area (Å²) in [5.41, 5.74) is 5.42. The minimum absolute atomic E-state index is 0.233. The predicted molar refractivity (Wildman–Crippen MR) is 123 cm³/mol. The van der Waals surface area contributed by atoms with Crippen LogP contribution >= 0.6 is 0 Å². The quantitative estimate of drug-likeness (QED) is 0.180. The Morgan fingerprint density at radius 3 is 2.32 bits per heavy atom. The molecule has 12 nitrogen and oxygen atoms in total. The van der Waals surface area contributed by atoms with Crippen molar-refractivity contribution in [1.29, 1.82) is 0 Å². The lowest BCUT2D eigenvalue weighted by Crippen LogP contribution is -2.57. The topological polar surface area (TPSA) is 183 Å². The summed E-state index contributed by atoms with van der Waals surface area (Å²) in [7, 11) is 0. The average Bonchev–Trinajstić information content (AvgIpc) is 3.50. The monoisotopic (exact) mass is 482 g/mol. The van der Waals surface area contributed by atoms with E-state index in [1.165, 1.54) is 11.8 Å². The number of amides is 4. The SMILES string of the molecule is C[C@H](NC(=O)[C@@H]1CCCN1C(=O)[C@H](C)NC(=O)[C@@H]1CCCN1)C(=O)N[C@@H](CCCCN)C(=O)O.